The molecule has 0 saturated carbocycles. The van der Waals surface area contributed by atoms with Crippen molar-refractivity contribution in [1.29, 1.82) is 0 Å². The van der Waals surface area contributed by atoms with E-state index >= 15 is 0 Å². The molecule has 0 saturated heterocycles. The molecule has 5 heteroatoms. The summed E-state index contributed by atoms with van der Waals surface area (Å²) >= 11 is 0. The molecule has 0 aliphatic rings. The Morgan fingerprint density at radius 3 is 2.58 bits per heavy atom. The quantitative estimate of drug-likeness (QED) is 0.748. The van der Waals surface area contributed by atoms with Crippen LogP contribution in [0.1, 0.15) is 5.56 Å². The molecule has 1 aromatic carbocycles. The summed E-state index contributed by atoms with van der Waals surface area (Å²) in [6.07, 6.45) is 3.27. The SMILES string of the molecule is Oc1ccc(CNc2ccc3nccnc3n2)cc1. The topological polar surface area (TPSA) is 70.9 Å². The Morgan fingerprint density at radius 2 is 1.74 bits per heavy atom. The van der Waals surface area contributed by atoms with Gasteiger partial charge in [0.05, 0.1) is 0 Å². The number of anilines is 1. The molecule has 3 aromatic rings. The number of rotatable bonds is 3. The number of benzene rings is 1. The second-order valence-corrected chi connectivity index (χ2v) is 4.12. The number of nitrogens with one attached hydrogen (secondary N) is 1. The van der Waals surface area contributed by atoms with Gasteiger partial charge >= 0.3 is 0 Å². The molecule has 0 bridgehead atoms. The standard InChI is InChI=1S/C14H12N4O/c19-11-3-1-10(2-4-11)9-17-13-6-5-12-14(18-13)16-8-7-15-12/h1-8,19H,9H2,(H,16,17,18). The van der Waals surface area contributed by atoms with E-state index in [-0.39, 0.29) is 5.75 Å². The lowest BCUT2D eigenvalue weighted by Crippen LogP contribution is -2.01. The minimum Gasteiger partial charge on any atom is -0.508 e. The van der Waals surface area contributed by atoms with Gasteiger partial charge in [0, 0.05) is 18.9 Å². The molecule has 0 spiro atoms. The van der Waals surface area contributed by atoms with Crippen molar-refractivity contribution in [2.24, 2.45) is 0 Å². The maximum atomic E-state index is 9.21. The van der Waals surface area contributed by atoms with E-state index in [1.54, 1.807) is 24.5 Å². The highest BCUT2D eigenvalue weighted by Gasteiger charge is 2.00. The predicted octanol–water partition coefficient (Wildman–Crippen LogP) is 2.34. The Morgan fingerprint density at radius 1 is 0.947 bits per heavy atom. The summed E-state index contributed by atoms with van der Waals surface area (Å²) in [6.45, 7) is 0.638. The molecule has 0 aliphatic heterocycles. The monoisotopic (exact) mass is 252 g/mol. The van der Waals surface area contributed by atoms with Gasteiger partial charge < -0.3 is 10.4 Å². The van der Waals surface area contributed by atoms with Gasteiger partial charge in [-0.15, -0.1) is 0 Å². The summed E-state index contributed by atoms with van der Waals surface area (Å²) in [5, 5.41) is 12.4. The highest BCUT2D eigenvalue weighted by molar-refractivity contribution is 5.71. The van der Waals surface area contributed by atoms with Gasteiger partial charge in [-0.1, -0.05) is 12.1 Å². The molecule has 0 radical (unpaired) electrons. The van der Waals surface area contributed by atoms with Crippen LogP contribution in [0.15, 0.2) is 48.8 Å². The van der Waals surface area contributed by atoms with Crippen molar-refractivity contribution in [2.45, 2.75) is 6.54 Å². The van der Waals surface area contributed by atoms with Crippen molar-refractivity contribution in [3.8, 4) is 5.75 Å². The zero-order valence-electron chi connectivity index (χ0n) is 10.1. The Hall–Kier alpha value is -2.69. The van der Waals surface area contributed by atoms with E-state index in [2.05, 4.69) is 20.3 Å². The summed E-state index contributed by atoms with van der Waals surface area (Å²) in [4.78, 5) is 12.7. The lowest BCUT2D eigenvalue weighted by Gasteiger charge is -2.06. The number of phenols is 1. The van der Waals surface area contributed by atoms with Crippen LogP contribution < -0.4 is 5.32 Å². The fourth-order valence-electron chi connectivity index (χ4n) is 1.76. The maximum absolute atomic E-state index is 9.21. The van der Waals surface area contributed by atoms with Gasteiger partial charge in [0.15, 0.2) is 5.65 Å². The summed E-state index contributed by atoms with van der Waals surface area (Å²) in [6, 6.07) is 10.8. The van der Waals surface area contributed by atoms with Crippen molar-refractivity contribution in [2.75, 3.05) is 5.32 Å². The van der Waals surface area contributed by atoms with Crippen molar-refractivity contribution in [3.63, 3.8) is 0 Å². The summed E-state index contributed by atoms with van der Waals surface area (Å²) in [5.41, 5.74) is 2.47. The first-order valence-electron chi connectivity index (χ1n) is 5.91. The largest absolute Gasteiger partial charge is 0.508 e. The van der Waals surface area contributed by atoms with E-state index < -0.39 is 0 Å². The van der Waals surface area contributed by atoms with Gasteiger partial charge in [-0.2, -0.15) is 0 Å². The maximum Gasteiger partial charge on any atom is 0.180 e. The number of hydrogen-bond acceptors (Lipinski definition) is 5. The third kappa shape index (κ3) is 2.60. The average Bonchev–Trinajstić information content (AvgIpc) is 2.46. The van der Waals surface area contributed by atoms with Crippen LogP contribution in [-0.2, 0) is 6.54 Å². The van der Waals surface area contributed by atoms with Gasteiger partial charge in [-0.25, -0.2) is 9.97 Å². The van der Waals surface area contributed by atoms with Crippen molar-refractivity contribution >= 4 is 17.0 Å². The summed E-state index contributed by atoms with van der Waals surface area (Å²) in [7, 11) is 0. The minimum absolute atomic E-state index is 0.267. The van der Waals surface area contributed by atoms with Gasteiger partial charge in [0.25, 0.3) is 0 Å². The van der Waals surface area contributed by atoms with Gasteiger partial charge in [0.2, 0.25) is 0 Å². The molecular formula is C14H12N4O. The summed E-state index contributed by atoms with van der Waals surface area (Å²) in [5.74, 6) is 1.02. The number of nitrogens with zero attached hydrogens (tertiary/aromatic N) is 3. The Balaban J connectivity index is 1.76. The van der Waals surface area contributed by atoms with Crippen LogP contribution in [-0.4, -0.2) is 20.1 Å². The molecule has 0 aliphatic carbocycles. The zero-order chi connectivity index (χ0) is 13.1. The predicted molar refractivity (Wildman–Crippen MR) is 72.8 cm³/mol. The van der Waals surface area contributed by atoms with Crippen LogP contribution >= 0.6 is 0 Å². The van der Waals surface area contributed by atoms with E-state index in [0.717, 1.165) is 16.9 Å². The number of aromatic hydroxyl groups is 1. The number of fused-ring (bicyclic) bond motifs is 1. The third-order valence-electron chi connectivity index (χ3n) is 2.74. The van der Waals surface area contributed by atoms with Crippen molar-refractivity contribution in [1.82, 2.24) is 15.0 Å². The van der Waals surface area contributed by atoms with Crippen LogP contribution in [0.2, 0.25) is 0 Å². The molecule has 0 fully saturated rings. The second kappa shape index (κ2) is 4.89. The molecular weight excluding hydrogens is 240 g/mol. The highest BCUT2D eigenvalue weighted by atomic mass is 16.3. The Kier molecular flexibility index (Phi) is 2.94. The molecule has 2 heterocycles. The third-order valence-corrected chi connectivity index (χ3v) is 2.74. The van der Waals surface area contributed by atoms with E-state index in [4.69, 9.17) is 0 Å². The second-order valence-electron chi connectivity index (χ2n) is 4.12. The number of phenolic OH excluding ortho intramolecular Hbond substituents is 1. The van der Waals surface area contributed by atoms with E-state index in [0.29, 0.717) is 12.2 Å². The van der Waals surface area contributed by atoms with Crippen LogP contribution in [0, 0.1) is 0 Å². The van der Waals surface area contributed by atoms with Crippen LogP contribution in [0.25, 0.3) is 11.2 Å². The van der Waals surface area contributed by atoms with Crippen molar-refractivity contribution < 1.29 is 5.11 Å². The summed E-state index contributed by atoms with van der Waals surface area (Å²) < 4.78 is 0. The van der Waals surface area contributed by atoms with Gasteiger partial charge in [-0.3, -0.25) is 4.98 Å². The molecule has 19 heavy (non-hydrogen) atoms. The molecule has 94 valence electrons. The van der Waals surface area contributed by atoms with Crippen LogP contribution in [0.3, 0.4) is 0 Å². The lowest BCUT2D eigenvalue weighted by molar-refractivity contribution is 0.475. The molecule has 5 nitrogen and oxygen atoms in total. The van der Waals surface area contributed by atoms with Crippen molar-refractivity contribution in [3.05, 3.63) is 54.4 Å². The fraction of sp³-hybridized carbons (Fsp3) is 0.0714. The van der Waals surface area contributed by atoms with Gasteiger partial charge in [0.1, 0.15) is 17.1 Å². The molecule has 2 N–H and O–H groups in total. The molecule has 0 atom stereocenters. The molecule has 0 amide bonds. The average molecular weight is 252 g/mol. The first-order valence-corrected chi connectivity index (χ1v) is 5.91. The Bertz CT molecular complexity index is 697. The van der Waals surface area contributed by atoms with E-state index in [1.807, 2.05) is 24.3 Å². The lowest BCUT2D eigenvalue weighted by atomic mass is 10.2. The molecule has 0 unspecified atom stereocenters. The molecule has 2 aromatic heterocycles. The van der Waals surface area contributed by atoms with E-state index in [9.17, 15) is 5.11 Å². The number of hydrogen-bond donors (Lipinski definition) is 2. The fourth-order valence-corrected chi connectivity index (χ4v) is 1.76. The van der Waals surface area contributed by atoms with Crippen LogP contribution in [0.4, 0.5) is 5.82 Å². The van der Waals surface area contributed by atoms with Crippen LogP contribution in [0.5, 0.6) is 5.75 Å². The number of aromatic nitrogens is 3. The highest BCUT2D eigenvalue weighted by Crippen LogP contribution is 2.13. The zero-order valence-corrected chi connectivity index (χ0v) is 10.1. The number of pyridine rings is 1. The smallest absolute Gasteiger partial charge is 0.180 e. The normalized spacial score (nSPS) is 10.5. The molecule has 3 rings (SSSR count). The first kappa shape index (κ1) is 11.4. The minimum atomic E-state index is 0.267. The Labute approximate surface area is 110 Å². The van der Waals surface area contributed by atoms with Gasteiger partial charge in [-0.05, 0) is 29.8 Å². The van der Waals surface area contributed by atoms with E-state index in [1.165, 1.54) is 0 Å². The first-order chi connectivity index (χ1) is 9.31.